The number of phenols is 1. The molecule has 3 aromatic carbocycles. The molecule has 34 heavy (non-hydrogen) atoms. The van der Waals surface area contributed by atoms with Crippen molar-refractivity contribution in [3.05, 3.63) is 87.4 Å². The number of benzene rings is 3. The fourth-order valence-electron chi connectivity index (χ4n) is 3.78. The number of ether oxygens (including phenoxy) is 1. The molecule has 0 aliphatic carbocycles. The molecule has 0 aromatic heterocycles. The molecule has 1 N–H and O–H groups in total. The summed E-state index contributed by atoms with van der Waals surface area (Å²) < 4.78 is 5.52. The number of aromatic hydroxyl groups is 1. The minimum absolute atomic E-state index is 0.107. The summed E-state index contributed by atoms with van der Waals surface area (Å²) >= 11 is 3.25. The summed E-state index contributed by atoms with van der Waals surface area (Å²) in [4.78, 5) is 42.7. The highest BCUT2D eigenvalue weighted by atomic mass is 79.9. The predicted molar refractivity (Wildman–Crippen MR) is 133 cm³/mol. The van der Waals surface area contributed by atoms with Gasteiger partial charge >= 0.3 is 6.03 Å². The van der Waals surface area contributed by atoms with Crippen molar-refractivity contribution >= 4 is 51.2 Å². The number of methoxy groups -OCH3 is 1. The number of imide groups is 2. The number of phenolic OH excluding ortho intramolecular Hbond substituents is 1. The van der Waals surface area contributed by atoms with E-state index in [1.54, 1.807) is 68.4 Å². The van der Waals surface area contributed by atoms with Crippen LogP contribution in [-0.4, -0.2) is 30.1 Å². The number of aryl methyl sites for hydroxylation is 2. The van der Waals surface area contributed by atoms with Gasteiger partial charge in [0.1, 0.15) is 5.57 Å². The molecule has 0 saturated carbocycles. The lowest BCUT2D eigenvalue weighted by molar-refractivity contribution is -0.121. The summed E-state index contributed by atoms with van der Waals surface area (Å²) in [5.74, 6) is -1.42. The molecule has 1 aliphatic rings. The van der Waals surface area contributed by atoms with Crippen LogP contribution in [0.1, 0.15) is 16.7 Å². The molecule has 4 amide bonds. The summed E-state index contributed by atoms with van der Waals surface area (Å²) in [6.45, 7) is 3.57. The Morgan fingerprint density at radius 2 is 1.35 bits per heavy atom. The third-order valence-electron chi connectivity index (χ3n) is 5.54. The lowest BCUT2D eigenvalue weighted by Crippen LogP contribution is -2.57. The summed E-state index contributed by atoms with van der Waals surface area (Å²) in [6, 6.07) is 16.3. The van der Waals surface area contributed by atoms with Crippen LogP contribution in [0, 0.1) is 13.8 Å². The minimum Gasteiger partial charge on any atom is -0.503 e. The number of para-hydroxylation sites is 2. The Balaban J connectivity index is 1.93. The molecular weight excluding hydrogens is 500 g/mol. The average Bonchev–Trinajstić information content (AvgIpc) is 2.81. The van der Waals surface area contributed by atoms with Crippen molar-refractivity contribution in [2.24, 2.45) is 0 Å². The average molecular weight is 521 g/mol. The van der Waals surface area contributed by atoms with Crippen LogP contribution >= 0.6 is 15.9 Å². The molecule has 0 unspecified atom stereocenters. The number of rotatable bonds is 4. The second kappa shape index (κ2) is 9.15. The lowest BCUT2D eigenvalue weighted by atomic mass is 10.0. The van der Waals surface area contributed by atoms with Crippen molar-refractivity contribution in [3.63, 3.8) is 0 Å². The van der Waals surface area contributed by atoms with Gasteiger partial charge in [-0.3, -0.25) is 9.59 Å². The second-order valence-electron chi connectivity index (χ2n) is 7.75. The second-order valence-corrected chi connectivity index (χ2v) is 8.60. The van der Waals surface area contributed by atoms with E-state index in [0.29, 0.717) is 32.5 Å². The maximum atomic E-state index is 13.6. The molecule has 7 nitrogen and oxygen atoms in total. The molecule has 0 atom stereocenters. The van der Waals surface area contributed by atoms with E-state index in [4.69, 9.17) is 4.74 Å². The number of hydrogen-bond acceptors (Lipinski definition) is 5. The van der Waals surface area contributed by atoms with E-state index in [9.17, 15) is 19.5 Å². The van der Waals surface area contributed by atoms with E-state index in [0.717, 1.165) is 9.80 Å². The Bertz CT molecular complexity index is 1300. The van der Waals surface area contributed by atoms with Crippen molar-refractivity contribution in [2.75, 3.05) is 16.9 Å². The van der Waals surface area contributed by atoms with Crippen LogP contribution in [0.5, 0.6) is 11.5 Å². The molecule has 3 aromatic rings. The number of nitrogens with zero attached hydrogens (tertiary/aromatic N) is 2. The van der Waals surface area contributed by atoms with Gasteiger partial charge in [0.05, 0.1) is 23.0 Å². The molecule has 1 saturated heterocycles. The van der Waals surface area contributed by atoms with Crippen LogP contribution in [-0.2, 0) is 9.59 Å². The first-order chi connectivity index (χ1) is 16.2. The molecule has 1 fully saturated rings. The fraction of sp³-hybridized carbons (Fsp3) is 0.115. The number of carbonyl (C=O) groups is 3. The van der Waals surface area contributed by atoms with Crippen LogP contribution in [0.4, 0.5) is 16.2 Å². The zero-order valence-corrected chi connectivity index (χ0v) is 20.3. The molecule has 0 bridgehead atoms. The number of anilines is 2. The molecule has 8 heteroatoms. The number of carbonyl (C=O) groups excluding carboxylic acids is 3. The van der Waals surface area contributed by atoms with Crippen molar-refractivity contribution in [1.82, 2.24) is 0 Å². The first-order valence-corrected chi connectivity index (χ1v) is 11.2. The Morgan fingerprint density at radius 3 is 1.82 bits per heavy atom. The molecule has 0 spiro atoms. The molecule has 4 rings (SSSR count). The van der Waals surface area contributed by atoms with Gasteiger partial charge in [-0.25, -0.2) is 14.6 Å². The quantitative estimate of drug-likeness (QED) is 0.369. The van der Waals surface area contributed by atoms with E-state index < -0.39 is 17.8 Å². The molecule has 1 heterocycles. The van der Waals surface area contributed by atoms with Gasteiger partial charge in [-0.15, -0.1) is 0 Å². The highest BCUT2D eigenvalue weighted by molar-refractivity contribution is 9.10. The Hall–Kier alpha value is -3.91. The topological polar surface area (TPSA) is 87.2 Å². The van der Waals surface area contributed by atoms with E-state index in [-0.39, 0.29) is 17.1 Å². The first kappa shape index (κ1) is 23.3. The fourth-order valence-corrected chi connectivity index (χ4v) is 4.24. The third-order valence-corrected chi connectivity index (χ3v) is 6.15. The van der Waals surface area contributed by atoms with Crippen molar-refractivity contribution in [2.45, 2.75) is 13.8 Å². The number of urea groups is 1. The van der Waals surface area contributed by atoms with Crippen molar-refractivity contribution < 1.29 is 24.2 Å². The van der Waals surface area contributed by atoms with E-state index in [1.165, 1.54) is 19.3 Å². The lowest BCUT2D eigenvalue weighted by Gasteiger charge is -2.35. The van der Waals surface area contributed by atoms with Gasteiger partial charge in [0, 0.05) is 0 Å². The van der Waals surface area contributed by atoms with Crippen LogP contribution in [0.15, 0.2) is 70.7 Å². The smallest absolute Gasteiger partial charge is 0.343 e. The molecular formula is C26H21BrN2O5. The maximum absolute atomic E-state index is 13.6. The van der Waals surface area contributed by atoms with Gasteiger partial charge in [0.15, 0.2) is 11.5 Å². The summed E-state index contributed by atoms with van der Waals surface area (Å²) in [5, 5.41) is 10.1. The number of amides is 4. The summed E-state index contributed by atoms with van der Waals surface area (Å²) in [7, 11) is 1.40. The first-order valence-electron chi connectivity index (χ1n) is 10.4. The van der Waals surface area contributed by atoms with E-state index in [2.05, 4.69) is 15.9 Å². The van der Waals surface area contributed by atoms with Gasteiger partial charge < -0.3 is 9.84 Å². The van der Waals surface area contributed by atoms with E-state index in [1.807, 2.05) is 0 Å². The number of halogens is 1. The number of hydrogen-bond donors (Lipinski definition) is 1. The standard InChI is InChI=1S/C26H21BrN2O5/c1-15-8-4-6-10-20(15)28-24(31)18(12-17-13-19(27)23(30)22(14-17)34-3)25(32)29(26(28)33)21-11-7-5-9-16(21)2/h4-14,30H,1-3H3. The molecule has 1 aliphatic heterocycles. The number of barbiturate groups is 1. The Kier molecular flexibility index (Phi) is 6.26. The normalized spacial score (nSPS) is 14.0. The maximum Gasteiger partial charge on any atom is 0.343 e. The zero-order valence-electron chi connectivity index (χ0n) is 18.7. The van der Waals surface area contributed by atoms with Crippen LogP contribution in [0.3, 0.4) is 0 Å². The van der Waals surface area contributed by atoms with Crippen molar-refractivity contribution in [1.29, 1.82) is 0 Å². The SMILES string of the molecule is COc1cc(C=C2C(=O)N(c3ccccc3C)C(=O)N(c3ccccc3C)C2=O)cc(Br)c1O. The Morgan fingerprint density at radius 1 is 0.853 bits per heavy atom. The zero-order chi connectivity index (χ0) is 24.6. The monoisotopic (exact) mass is 520 g/mol. The Labute approximate surface area is 205 Å². The van der Waals surface area contributed by atoms with Gasteiger partial charge in [-0.2, -0.15) is 0 Å². The highest BCUT2D eigenvalue weighted by Crippen LogP contribution is 2.37. The van der Waals surface area contributed by atoms with Gasteiger partial charge in [0.2, 0.25) is 0 Å². The van der Waals surface area contributed by atoms with Crippen LogP contribution in [0.2, 0.25) is 0 Å². The van der Waals surface area contributed by atoms with Gasteiger partial charge in [-0.05, 0) is 76.8 Å². The van der Waals surface area contributed by atoms with Gasteiger partial charge in [-0.1, -0.05) is 36.4 Å². The summed E-state index contributed by atoms with van der Waals surface area (Å²) in [5.41, 5.74) is 2.42. The van der Waals surface area contributed by atoms with Crippen LogP contribution in [0.25, 0.3) is 6.08 Å². The largest absolute Gasteiger partial charge is 0.503 e. The van der Waals surface area contributed by atoms with Gasteiger partial charge in [0.25, 0.3) is 11.8 Å². The van der Waals surface area contributed by atoms with Crippen molar-refractivity contribution in [3.8, 4) is 11.5 Å². The predicted octanol–water partition coefficient (Wildman–Crippen LogP) is 5.36. The molecule has 0 radical (unpaired) electrons. The third kappa shape index (κ3) is 3.97. The molecule has 172 valence electrons. The van der Waals surface area contributed by atoms with Crippen LogP contribution < -0.4 is 14.5 Å². The summed E-state index contributed by atoms with van der Waals surface area (Å²) in [6.07, 6.45) is 1.39. The minimum atomic E-state index is -0.750. The highest BCUT2D eigenvalue weighted by Gasteiger charge is 2.44. The van der Waals surface area contributed by atoms with E-state index >= 15 is 0 Å².